The molecule has 0 bridgehead atoms. The van der Waals surface area contributed by atoms with Crippen LogP contribution in [0.3, 0.4) is 0 Å². The average molecular weight is 699 g/mol. The van der Waals surface area contributed by atoms with E-state index < -0.39 is 58.6 Å². The van der Waals surface area contributed by atoms with Crippen LogP contribution in [0.15, 0.2) is 66.7 Å². The topological polar surface area (TPSA) is 18.5 Å². The lowest BCUT2D eigenvalue weighted by molar-refractivity contribution is -0.276. The van der Waals surface area contributed by atoms with E-state index in [1.54, 1.807) is 12.1 Å². The molecule has 12 heteroatoms. The molecular weight excluding hydrogens is 666 g/mol. The van der Waals surface area contributed by atoms with Crippen LogP contribution in [0.4, 0.5) is 43.9 Å². The normalized spacial score (nSPS) is 16.9. The summed E-state index contributed by atoms with van der Waals surface area (Å²) in [7, 11) is 0. The monoisotopic (exact) mass is 698 g/mol. The number of rotatable bonds is 11. The molecule has 49 heavy (non-hydrogen) atoms. The van der Waals surface area contributed by atoms with Crippen molar-refractivity contribution in [1.29, 1.82) is 0 Å². The lowest BCUT2D eigenvalue weighted by Crippen LogP contribution is -2.25. The smallest absolute Gasteiger partial charge is 0.429 e. The lowest BCUT2D eigenvalue weighted by atomic mass is 9.77. The molecule has 0 amide bonds. The van der Waals surface area contributed by atoms with Crippen LogP contribution in [0.5, 0.6) is 11.5 Å². The van der Waals surface area contributed by atoms with Crippen LogP contribution in [0.1, 0.15) is 75.3 Å². The minimum atomic E-state index is -5.49. The molecule has 4 aromatic carbocycles. The first-order valence-corrected chi connectivity index (χ1v) is 15.9. The van der Waals surface area contributed by atoms with Gasteiger partial charge in [-0.15, -0.1) is 13.2 Å². The third-order valence-electron chi connectivity index (χ3n) is 8.83. The van der Waals surface area contributed by atoms with E-state index in [1.165, 1.54) is 49.9 Å². The fourth-order valence-corrected chi connectivity index (χ4v) is 6.35. The van der Waals surface area contributed by atoms with Gasteiger partial charge in [-0.1, -0.05) is 69.0 Å². The Labute approximate surface area is 276 Å². The van der Waals surface area contributed by atoms with E-state index in [2.05, 4.69) is 16.4 Å². The van der Waals surface area contributed by atoms with Crippen LogP contribution in [0, 0.1) is 35.0 Å². The second-order valence-electron chi connectivity index (χ2n) is 12.2. The van der Waals surface area contributed by atoms with Crippen molar-refractivity contribution in [2.24, 2.45) is 5.92 Å². The first-order valence-electron chi connectivity index (χ1n) is 15.9. The van der Waals surface area contributed by atoms with Gasteiger partial charge in [-0.2, -0.15) is 8.78 Å². The van der Waals surface area contributed by atoms with E-state index in [0.717, 1.165) is 37.2 Å². The van der Waals surface area contributed by atoms with Gasteiger partial charge in [0.2, 0.25) is 5.75 Å². The van der Waals surface area contributed by atoms with Crippen molar-refractivity contribution in [2.45, 2.75) is 76.7 Å². The lowest BCUT2D eigenvalue weighted by Gasteiger charge is -2.29. The Morgan fingerprint density at radius 2 is 1.20 bits per heavy atom. The van der Waals surface area contributed by atoms with Gasteiger partial charge in [-0.25, -0.2) is 22.0 Å². The largest absolute Gasteiger partial charge is 0.573 e. The highest BCUT2D eigenvalue weighted by atomic mass is 19.4. The standard InChI is InChI=1S/C37H32F10O2/c1-2-3-4-5-21-6-8-22(9-7-21)25-14-15-28(29(38)16-25)24-12-10-23(11-13-24)26-17-30(39)34(31(40)18-26)36(43,44)48-27-19-32(41)35(33(42)20-27)49-37(45,46)47/h10-22H,2-9H2,1H3. The third kappa shape index (κ3) is 8.69. The van der Waals surface area contributed by atoms with E-state index in [-0.39, 0.29) is 23.3 Å². The number of unbranched alkanes of at least 4 members (excludes halogenated alkanes) is 2. The van der Waals surface area contributed by atoms with Crippen molar-refractivity contribution < 1.29 is 53.4 Å². The minimum absolute atomic E-state index is 0.0550. The van der Waals surface area contributed by atoms with Gasteiger partial charge in [0.05, 0.1) is 0 Å². The molecule has 0 N–H and O–H groups in total. The van der Waals surface area contributed by atoms with Gasteiger partial charge in [0.1, 0.15) is 28.8 Å². The maximum atomic E-state index is 15.3. The summed E-state index contributed by atoms with van der Waals surface area (Å²) in [6.45, 7) is 2.19. The van der Waals surface area contributed by atoms with Crippen LogP contribution < -0.4 is 9.47 Å². The summed E-state index contributed by atoms with van der Waals surface area (Å²) < 4.78 is 147. The van der Waals surface area contributed by atoms with Crippen molar-refractivity contribution in [3.05, 3.63) is 107 Å². The number of halogens is 10. The quantitative estimate of drug-likeness (QED) is 0.115. The van der Waals surface area contributed by atoms with Gasteiger partial charge in [0, 0.05) is 17.7 Å². The summed E-state index contributed by atoms with van der Waals surface area (Å²) >= 11 is 0. The molecule has 0 aromatic heterocycles. The molecule has 0 atom stereocenters. The van der Waals surface area contributed by atoms with E-state index in [0.29, 0.717) is 29.2 Å². The molecule has 262 valence electrons. The molecular formula is C37H32F10O2. The summed E-state index contributed by atoms with van der Waals surface area (Å²) in [6, 6.07) is 12.1. The van der Waals surface area contributed by atoms with Gasteiger partial charge in [0.25, 0.3) is 0 Å². The van der Waals surface area contributed by atoms with E-state index in [4.69, 9.17) is 0 Å². The van der Waals surface area contributed by atoms with Crippen LogP contribution in [0.25, 0.3) is 22.3 Å². The number of hydrogen-bond donors (Lipinski definition) is 0. The average Bonchev–Trinajstić information content (AvgIpc) is 3.02. The Kier molecular flexibility index (Phi) is 10.8. The molecule has 4 aromatic rings. The fourth-order valence-electron chi connectivity index (χ4n) is 6.35. The molecule has 5 rings (SSSR count). The SMILES string of the molecule is CCCCCC1CCC(c2ccc(-c3ccc(-c4cc(F)c(C(F)(F)Oc5cc(F)c(OC(F)(F)F)c(F)c5)c(F)c4)cc3)c(F)c2)CC1. The Bertz CT molecular complexity index is 1710. The molecule has 0 spiro atoms. The van der Waals surface area contributed by atoms with Crippen LogP contribution in [-0.4, -0.2) is 6.36 Å². The second kappa shape index (κ2) is 14.7. The zero-order valence-corrected chi connectivity index (χ0v) is 26.3. The van der Waals surface area contributed by atoms with Crippen molar-refractivity contribution >= 4 is 0 Å². The van der Waals surface area contributed by atoms with Crippen LogP contribution in [0.2, 0.25) is 0 Å². The van der Waals surface area contributed by atoms with Crippen LogP contribution >= 0.6 is 0 Å². The molecule has 0 heterocycles. The number of hydrogen-bond acceptors (Lipinski definition) is 2. The Hall–Kier alpha value is -4.22. The van der Waals surface area contributed by atoms with Crippen molar-refractivity contribution in [2.75, 3.05) is 0 Å². The predicted octanol–water partition coefficient (Wildman–Crippen LogP) is 12.6. The molecule has 1 aliphatic carbocycles. The summed E-state index contributed by atoms with van der Waals surface area (Å²) in [5.41, 5.74) is -0.117. The highest BCUT2D eigenvalue weighted by Gasteiger charge is 2.42. The molecule has 0 radical (unpaired) electrons. The summed E-state index contributed by atoms with van der Waals surface area (Å²) in [5, 5.41) is 0. The van der Waals surface area contributed by atoms with Crippen molar-refractivity contribution in [3.63, 3.8) is 0 Å². The van der Waals surface area contributed by atoms with Crippen molar-refractivity contribution in [3.8, 4) is 33.8 Å². The Balaban J connectivity index is 1.28. The molecule has 1 saturated carbocycles. The number of ether oxygens (including phenoxy) is 2. The molecule has 1 aliphatic rings. The Morgan fingerprint density at radius 3 is 1.76 bits per heavy atom. The van der Waals surface area contributed by atoms with E-state index in [9.17, 15) is 39.5 Å². The van der Waals surface area contributed by atoms with Crippen LogP contribution in [-0.2, 0) is 6.11 Å². The molecule has 0 unspecified atom stereocenters. The first-order chi connectivity index (χ1) is 23.1. The highest BCUT2D eigenvalue weighted by Crippen LogP contribution is 2.41. The van der Waals surface area contributed by atoms with Gasteiger partial charge < -0.3 is 9.47 Å². The molecule has 0 saturated heterocycles. The zero-order valence-electron chi connectivity index (χ0n) is 26.3. The Morgan fingerprint density at radius 1 is 0.612 bits per heavy atom. The fraction of sp³-hybridized carbons (Fsp3) is 0.351. The first kappa shape index (κ1) is 36.1. The zero-order chi connectivity index (χ0) is 35.5. The summed E-state index contributed by atoms with van der Waals surface area (Å²) in [4.78, 5) is 0. The maximum absolute atomic E-state index is 15.3. The molecule has 0 aliphatic heterocycles. The summed E-state index contributed by atoms with van der Waals surface area (Å²) in [5.74, 6) is -10.3. The third-order valence-corrected chi connectivity index (χ3v) is 8.83. The van der Waals surface area contributed by atoms with E-state index >= 15 is 4.39 Å². The van der Waals surface area contributed by atoms with Gasteiger partial charge in [-0.05, 0) is 78.0 Å². The predicted molar refractivity (Wildman–Crippen MR) is 164 cm³/mol. The second-order valence-corrected chi connectivity index (χ2v) is 12.2. The maximum Gasteiger partial charge on any atom is 0.573 e. The molecule has 2 nitrogen and oxygen atoms in total. The number of alkyl halides is 5. The summed E-state index contributed by atoms with van der Waals surface area (Å²) in [6.07, 6.45) is -1.13. The van der Waals surface area contributed by atoms with Gasteiger partial charge in [0.15, 0.2) is 11.6 Å². The van der Waals surface area contributed by atoms with Crippen molar-refractivity contribution in [1.82, 2.24) is 0 Å². The highest BCUT2D eigenvalue weighted by molar-refractivity contribution is 5.71. The van der Waals surface area contributed by atoms with Gasteiger partial charge >= 0.3 is 12.5 Å². The van der Waals surface area contributed by atoms with Gasteiger partial charge in [-0.3, -0.25) is 0 Å². The van der Waals surface area contributed by atoms with E-state index in [1.807, 2.05) is 6.07 Å². The minimum Gasteiger partial charge on any atom is -0.429 e. The number of benzene rings is 4. The molecule has 1 fully saturated rings.